The molecule has 1 aliphatic heterocycles. The van der Waals surface area contributed by atoms with Crippen LogP contribution >= 0.6 is 11.3 Å². The molecule has 0 spiro atoms. The predicted octanol–water partition coefficient (Wildman–Crippen LogP) is 3.40. The molecule has 2 rings (SSSR count). The van der Waals surface area contributed by atoms with E-state index in [1.807, 2.05) is 0 Å². The van der Waals surface area contributed by atoms with Crippen molar-refractivity contribution in [1.82, 2.24) is 0 Å². The molecular weight excluding hydrogens is 246 g/mol. The molecule has 1 atom stereocenters. The second-order valence-corrected chi connectivity index (χ2v) is 7.91. The van der Waals surface area contributed by atoms with Gasteiger partial charge in [-0.15, -0.1) is 11.3 Å². The van der Waals surface area contributed by atoms with E-state index in [1.54, 1.807) is 11.3 Å². The molecule has 1 unspecified atom stereocenters. The number of nitrogens with two attached hydrogens (primary N) is 1. The summed E-state index contributed by atoms with van der Waals surface area (Å²) in [6, 6.07) is 0. The molecule has 2 N–H and O–H groups in total. The minimum absolute atomic E-state index is 0.0403. The van der Waals surface area contributed by atoms with Gasteiger partial charge in [0.15, 0.2) is 17.7 Å². The summed E-state index contributed by atoms with van der Waals surface area (Å²) < 4.78 is 11.7. The summed E-state index contributed by atoms with van der Waals surface area (Å²) in [5, 5.41) is 0. The maximum atomic E-state index is 5.84. The van der Waals surface area contributed by atoms with Crippen molar-refractivity contribution in [2.24, 2.45) is 5.73 Å². The second-order valence-electron chi connectivity index (χ2n) is 6.89. The third-order valence-electron chi connectivity index (χ3n) is 2.85. The van der Waals surface area contributed by atoms with E-state index in [9.17, 15) is 0 Å². The van der Waals surface area contributed by atoms with Crippen LogP contribution in [0.15, 0.2) is 0 Å². The molecule has 4 heteroatoms. The van der Waals surface area contributed by atoms with Crippen LogP contribution in [0.4, 0.5) is 0 Å². The first kappa shape index (κ1) is 13.7. The molecule has 0 aliphatic carbocycles. The number of hydrogen-bond acceptors (Lipinski definition) is 4. The van der Waals surface area contributed by atoms with E-state index in [0.29, 0.717) is 6.61 Å². The molecule has 0 bridgehead atoms. The van der Waals surface area contributed by atoms with Gasteiger partial charge in [-0.2, -0.15) is 0 Å². The molecule has 0 radical (unpaired) electrons. The van der Waals surface area contributed by atoms with Gasteiger partial charge >= 0.3 is 0 Å². The van der Waals surface area contributed by atoms with Gasteiger partial charge < -0.3 is 9.47 Å². The van der Waals surface area contributed by atoms with Crippen molar-refractivity contribution in [3.05, 3.63) is 9.75 Å². The van der Waals surface area contributed by atoms with Crippen LogP contribution in [0.1, 0.15) is 51.3 Å². The zero-order chi connectivity index (χ0) is 13.7. The highest BCUT2D eigenvalue weighted by atomic mass is 32.1. The lowest BCUT2D eigenvalue weighted by atomic mass is 9.91. The van der Waals surface area contributed by atoms with Crippen LogP contribution in [-0.2, 0) is 10.8 Å². The summed E-state index contributed by atoms with van der Waals surface area (Å²) in [4.78, 5) is 2.46. The van der Waals surface area contributed by atoms with Crippen LogP contribution in [0.2, 0.25) is 0 Å². The van der Waals surface area contributed by atoms with Crippen LogP contribution < -0.4 is 15.2 Å². The average Bonchev–Trinajstić information content (AvgIpc) is 2.54. The maximum absolute atomic E-state index is 5.84. The molecule has 1 aliphatic rings. The normalized spacial score (nSPS) is 20.1. The van der Waals surface area contributed by atoms with Gasteiger partial charge in [0.05, 0.1) is 9.75 Å². The van der Waals surface area contributed by atoms with E-state index < -0.39 is 0 Å². The van der Waals surface area contributed by atoms with Gasteiger partial charge in [0.1, 0.15) is 6.61 Å². The average molecular weight is 269 g/mol. The van der Waals surface area contributed by atoms with Crippen LogP contribution in [0.25, 0.3) is 0 Å². The van der Waals surface area contributed by atoms with Crippen molar-refractivity contribution in [3.8, 4) is 11.5 Å². The molecule has 18 heavy (non-hydrogen) atoms. The van der Waals surface area contributed by atoms with Crippen molar-refractivity contribution < 1.29 is 9.47 Å². The summed E-state index contributed by atoms with van der Waals surface area (Å²) in [5.74, 6) is 1.76. The number of fused-ring (bicyclic) bond motifs is 1. The molecule has 0 amide bonds. The summed E-state index contributed by atoms with van der Waals surface area (Å²) in [6.07, 6.45) is -0.360. The summed E-state index contributed by atoms with van der Waals surface area (Å²) in [5.41, 5.74) is 5.94. The number of thiophene rings is 1. The number of rotatable bonds is 0. The van der Waals surface area contributed by atoms with Gasteiger partial charge in [-0.25, -0.2) is 0 Å². The van der Waals surface area contributed by atoms with Gasteiger partial charge in [0, 0.05) is 10.8 Å². The van der Waals surface area contributed by atoms with Gasteiger partial charge in [-0.1, -0.05) is 41.5 Å². The van der Waals surface area contributed by atoms with Crippen molar-refractivity contribution in [3.63, 3.8) is 0 Å². The van der Waals surface area contributed by atoms with Gasteiger partial charge in [-0.3, -0.25) is 5.73 Å². The lowest BCUT2D eigenvalue weighted by molar-refractivity contribution is 0.0932. The Bertz CT molecular complexity index is 452. The van der Waals surface area contributed by atoms with Crippen molar-refractivity contribution in [2.45, 2.75) is 58.6 Å². The number of ether oxygens (including phenoxy) is 2. The Morgan fingerprint density at radius 2 is 1.50 bits per heavy atom. The Labute approximate surface area is 113 Å². The van der Waals surface area contributed by atoms with E-state index in [0.717, 1.165) is 11.5 Å². The standard InChI is InChI=1S/C14H23NO2S/c1-13(2,3)11-9-10(17-8(15)7-16-9)12(18-11)14(4,5)6/h8H,7,15H2,1-6H3. The van der Waals surface area contributed by atoms with E-state index in [-0.39, 0.29) is 17.1 Å². The molecule has 1 aromatic rings. The minimum atomic E-state index is -0.360. The van der Waals surface area contributed by atoms with Gasteiger partial charge in [0.2, 0.25) is 0 Å². The largest absolute Gasteiger partial charge is 0.483 e. The SMILES string of the molecule is CC(C)(C)c1sc(C(C)(C)C)c2c1OCC(N)O2. The quantitative estimate of drug-likeness (QED) is 0.785. The molecule has 3 nitrogen and oxygen atoms in total. The molecule has 2 heterocycles. The van der Waals surface area contributed by atoms with Crippen molar-refractivity contribution in [1.29, 1.82) is 0 Å². The highest BCUT2D eigenvalue weighted by Gasteiger charge is 2.36. The smallest absolute Gasteiger partial charge is 0.182 e. The molecule has 0 saturated carbocycles. The Morgan fingerprint density at radius 1 is 1.00 bits per heavy atom. The Balaban J connectivity index is 2.60. The summed E-state index contributed by atoms with van der Waals surface area (Å²) in [7, 11) is 0. The lowest BCUT2D eigenvalue weighted by Gasteiger charge is -2.27. The summed E-state index contributed by atoms with van der Waals surface area (Å²) >= 11 is 1.79. The third-order valence-corrected chi connectivity index (χ3v) is 4.85. The topological polar surface area (TPSA) is 44.5 Å². The minimum Gasteiger partial charge on any atom is -0.483 e. The fourth-order valence-corrected chi connectivity index (χ4v) is 3.27. The zero-order valence-corrected chi connectivity index (χ0v) is 12.9. The fourth-order valence-electron chi connectivity index (χ4n) is 1.98. The molecule has 0 fully saturated rings. The molecule has 1 aromatic heterocycles. The Hall–Kier alpha value is -0.740. The summed E-state index contributed by atoms with van der Waals surface area (Å²) in [6.45, 7) is 13.6. The van der Waals surface area contributed by atoms with E-state index in [4.69, 9.17) is 15.2 Å². The van der Waals surface area contributed by atoms with Crippen LogP contribution in [-0.4, -0.2) is 12.8 Å². The fraction of sp³-hybridized carbons (Fsp3) is 0.714. The third kappa shape index (κ3) is 2.36. The molecule has 0 aromatic carbocycles. The van der Waals surface area contributed by atoms with Gasteiger partial charge in [-0.05, 0) is 0 Å². The zero-order valence-electron chi connectivity index (χ0n) is 12.1. The van der Waals surface area contributed by atoms with Gasteiger partial charge in [0.25, 0.3) is 0 Å². The van der Waals surface area contributed by atoms with E-state index >= 15 is 0 Å². The second kappa shape index (κ2) is 4.14. The molecule has 0 saturated heterocycles. The maximum Gasteiger partial charge on any atom is 0.182 e. The lowest BCUT2D eigenvalue weighted by Crippen LogP contribution is -2.37. The first-order valence-corrected chi connectivity index (χ1v) is 7.15. The first-order valence-electron chi connectivity index (χ1n) is 6.33. The van der Waals surface area contributed by atoms with Crippen molar-refractivity contribution in [2.75, 3.05) is 6.61 Å². The highest BCUT2D eigenvalue weighted by Crippen LogP contribution is 2.52. The van der Waals surface area contributed by atoms with Crippen LogP contribution in [0.3, 0.4) is 0 Å². The van der Waals surface area contributed by atoms with E-state index in [2.05, 4.69) is 41.5 Å². The van der Waals surface area contributed by atoms with Crippen LogP contribution in [0, 0.1) is 0 Å². The van der Waals surface area contributed by atoms with E-state index in [1.165, 1.54) is 9.75 Å². The highest BCUT2D eigenvalue weighted by molar-refractivity contribution is 7.13. The monoisotopic (exact) mass is 269 g/mol. The Morgan fingerprint density at radius 3 is 2.00 bits per heavy atom. The Kier molecular flexibility index (Phi) is 3.14. The van der Waals surface area contributed by atoms with Crippen molar-refractivity contribution >= 4 is 11.3 Å². The number of hydrogen-bond donors (Lipinski definition) is 1. The molecular formula is C14H23NO2S. The first-order chi connectivity index (χ1) is 8.10. The molecule has 102 valence electrons. The predicted molar refractivity (Wildman–Crippen MR) is 75.8 cm³/mol. The van der Waals surface area contributed by atoms with Crippen LogP contribution in [0.5, 0.6) is 11.5 Å².